The molecule has 0 aliphatic carbocycles. The summed E-state index contributed by atoms with van der Waals surface area (Å²) in [7, 11) is 0. The summed E-state index contributed by atoms with van der Waals surface area (Å²) in [6, 6.07) is 21.4. The molecule has 5 nitrogen and oxygen atoms in total. The van der Waals surface area contributed by atoms with Gasteiger partial charge in [0, 0.05) is 22.5 Å². The minimum atomic E-state index is -0.0871. The second-order valence-electron chi connectivity index (χ2n) is 6.21. The fourth-order valence-corrected chi connectivity index (χ4v) is 3.82. The lowest BCUT2D eigenvalue weighted by molar-refractivity contribution is -0.113. The third-order valence-corrected chi connectivity index (χ3v) is 5.24. The fraction of sp³-hybridized carbons (Fsp3) is 0.0476. The van der Waals surface area contributed by atoms with Gasteiger partial charge in [-0.2, -0.15) is 0 Å². The largest absolute Gasteiger partial charge is 0.456 e. The molecular formula is C21H15N3O2S. The van der Waals surface area contributed by atoms with Crippen LogP contribution in [0.2, 0.25) is 0 Å². The van der Waals surface area contributed by atoms with E-state index in [1.807, 2.05) is 66.7 Å². The van der Waals surface area contributed by atoms with Gasteiger partial charge in [0.1, 0.15) is 11.2 Å². The second kappa shape index (κ2) is 6.48. The monoisotopic (exact) mass is 373 g/mol. The van der Waals surface area contributed by atoms with E-state index in [2.05, 4.69) is 15.3 Å². The summed E-state index contributed by atoms with van der Waals surface area (Å²) >= 11 is 1.38. The summed E-state index contributed by atoms with van der Waals surface area (Å²) in [5, 5.41) is 5.77. The number of aromatic amines is 1. The first kappa shape index (κ1) is 16.0. The summed E-state index contributed by atoms with van der Waals surface area (Å²) in [5.41, 5.74) is 4.19. The van der Waals surface area contributed by atoms with Crippen molar-refractivity contribution in [2.24, 2.45) is 0 Å². The number of carbonyl (C=O) groups excluding carboxylic acids is 1. The van der Waals surface area contributed by atoms with Crippen LogP contribution in [0.4, 0.5) is 5.69 Å². The van der Waals surface area contributed by atoms with Crippen LogP contribution in [0.15, 0.2) is 76.3 Å². The van der Waals surface area contributed by atoms with Gasteiger partial charge in [0.2, 0.25) is 5.91 Å². The number of nitrogens with one attached hydrogen (secondary N) is 2. The van der Waals surface area contributed by atoms with Gasteiger partial charge in [-0.15, -0.1) is 0 Å². The molecule has 3 aromatic carbocycles. The zero-order valence-electron chi connectivity index (χ0n) is 14.2. The third-order valence-electron chi connectivity index (χ3n) is 4.37. The minimum Gasteiger partial charge on any atom is -0.456 e. The highest BCUT2D eigenvalue weighted by Crippen LogP contribution is 2.30. The van der Waals surface area contributed by atoms with Gasteiger partial charge >= 0.3 is 0 Å². The Morgan fingerprint density at radius 3 is 2.74 bits per heavy atom. The van der Waals surface area contributed by atoms with E-state index in [4.69, 9.17) is 4.42 Å². The van der Waals surface area contributed by atoms with Crippen molar-refractivity contribution in [3.05, 3.63) is 66.7 Å². The summed E-state index contributed by atoms with van der Waals surface area (Å²) < 4.78 is 5.87. The van der Waals surface area contributed by atoms with Gasteiger partial charge in [-0.25, -0.2) is 4.98 Å². The number of hydrogen-bond donors (Lipinski definition) is 2. The van der Waals surface area contributed by atoms with Crippen LogP contribution in [0.5, 0.6) is 0 Å². The smallest absolute Gasteiger partial charge is 0.234 e. The van der Waals surface area contributed by atoms with Crippen LogP contribution < -0.4 is 5.32 Å². The van der Waals surface area contributed by atoms with Crippen molar-refractivity contribution in [1.29, 1.82) is 0 Å². The fourth-order valence-electron chi connectivity index (χ4n) is 3.13. The Labute approximate surface area is 158 Å². The lowest BCUT2D eigenvalue weighted by Crippen LogP contribution is -2.13. The summed E-state index contributed by atoms with van der Waals surface area (Å²) in [6.07, 6.45) is 0. The molecule has 2 heterocycles. The van der Waals surface area contributed by atoms with Crippen LogP contribution in [-0.4, -0.2) is 21.6 Å². The average Bonchev–Trinajstić information content (AvgIpc) is 3.26. The molecule has 0 aliphatic heterocycles. The molecule has 1 amide bonds. The van der Waals surface area contributed by atoms with Gasteiger partial charge in [0.05, 0.1) is 16.8 Å². The Morgan fingerprint density at radius 2 is 1.81 bits per heavy atom. The lowest BCUT2D eigenvalue weighted by Gasteiger charge is -2.04. The maximum Gasteiger partial charge on any atom is 0.234 e. The third kappa shape index (κ3) is 3.04. The Balaban J connectivity index is 1.30. The highest BCUT2D eigenvalue weighted by molar-refractivity contribution is 7.99. The number of imidazole rings is 1. The standard InChI is InChI=1S/C21H15N3O2S/c25-20(12-27-21-23-16-6-2-3-7-17(16)24-21)22-13-9-10-15-14-5-1-4-8-18(14)26-19(15)11-13/h1-11H,12H2,(H,22,25)(H,23,24). The number of para-hydroxylation sites is 3. The van der Waals surface area contributed by atoms with E-state index in [0.29, 0.717) is 0 Å². The molecule has 0 radical (unpaired) electrons. The number of rotatable bonds is 4. The van der Waals surface area contributed by atoms with E-state index >= 15 is 0 Å². The van der Waals surface area contributed by atoms with Crippen molar-refractivity contribution in [3.8, 4) is 0 Å². The predicted molar refractivity (Wildman–Crippen MR) is 109 cm³/mol. The van der Waals surface area contributed by atoms with Gasteiger partial charge in [0.25, 0.3) is 0 Å². The zero-order valence-corrected chi connectivity index (χ0v) is 15.0. The van der Waals surface area contributed by atoms with Gasteiger partial charge < -0.3 is 14.7 Å². The topological polar surface area (TPSA) is 70.9 Å². The number of aromatic nitrogens is 2. The van der Waals surface area contributed by atoms with E-state index in [0.717, 1.165) is 43.8 Å². The zero-order chi connectivity index (χ0) is 18.2. The van der Waals surface area contributed by atoms with Crippen molar-refractivity contribution < 1.29 is 9.21 Å². The molecule has 6 heteroatoms. The number of amides is 1. The van der Waals surface area contributed by atoms with Crippen molar-refractivity contribution >= 4 is 56.3 Å². The van der Waals surface area contributed by atoms with Crippen LogP contribution in [-0.2, 0) is 4.79 Å². The van der Waals surface area contributed by atoms with Gasteiger partial charge in [-0.1, -0.05) is 42.1 Å². The number of anilines is 1. The molecule has 0 spiro atoms. The maximum absolute atomic E-state index is 12.3. The Hall–Kier alpha value is -3.25. The summed E-state index contributed by atoms with van der Waals surface area (Å²) in [6.45, 7) is 0. The van der Waals surface area contributed by atoms with Crippen LogP contribution in [0.3, 0.4) is 0 Å². The molecule has 0 atom stereocenters. The SMILES string of the molecule is O=C(CSc1nc2ccccc2[nH]1)Nc1ccc2c(c1)oc1ccccc12. The highest BCUT2D eigenvalue weighted by atomic mass is 32.2. The first-order valence-electron chi connectivity index (χ1n) is 8.55. The molecule has 0 saturated heterocycles. The van der Waals surface area contributed by atoms with E-state index in [1.165, 1.54) is 11.8 Å². The summed E-state index contributed by atoms with van der Waals surface area (Å²) in [4.78, 5) is 20.0. The van der Waals surface area contributed by atoms with E-state index in [-0.39, 0.29) is 11.7 Å². The van der Waals surface area contributed by atoms with Crippen LogP contribution in [0.25, 0.3) is 33.0 Å². The van der Waals surface area contributed by atoms with Crippen molar-refractivity contribution in [2.45, 2.75) is 5.16 Å². The molecule has 2 N–H and O–H groups in total. The predicted octanol–water partition coefficient (Wildman–Crippen LogP) is 5.19. The number of thioether (sulfide) groups is 1. The number of benzene rings is 3. The molecule has 5 rings (SSSR count). The molecule has 5 aromatic rings. The Bertz CT molecular complexity index is 1260. The van der Waals surface area contributed by atoms with Crippen molar-refractivity contribution in [2.75, 3.05) is 11.1 Å². The Kier molecular flexibility index (Phi) is 3.83. The van der Waals surface area contributed by atoms with Crippen LogP contribution in [0.1, 0.15) is 0 Å². The molecular weight excluding hydrogens is 358 g/mol. The number of H-pyrrole nitrogens is 1. The number of hydrogen-bond acceptors (Lipinski definition) is 4. The maximum atomic E-state index is 12.3. The van der Waals surface area contributed by atoms with Gasteiger partial charge in [-0.05, 0) is 30.3 Å². The molecule has 0 bridgehead atoms. The van der Waals surface area contributed by atoms with Crippen molar-refractivity contribution in [1.82, 2.24) is 9.97 Å². The molecule has 0 unspecified atom stereocenters. The Morgan fingerprint density at radius 1 is 1.00 bits per heavy atom. The molecule has 132 valence electrons. The number of furan rings is 1. The normalized spacial score (nSPS) is 11.4. The van der Waals surface area contributed by atoms with E-state index < -0.39 is 0 Å². The van der Waals surface area contributed by atoms with E-state index in [1.54, 1.807) is 0 Å². The molecule has 0 saturated carbocycles. The van der Waals surface area contributed by atoms with Crippen LogP contribution >= 0.6 is 11.8 Å². The summed E-state index contributed by atoms with van der Waals surface area (Å²) in [5.74, 6) is 0.189. The average molecular weight is 373 g/mol. The number of fused-ring (bicyclic) bond motifs is 4. The minimum absolute atomic E-state index is 0.0871. The molecule has 27 heavy (non-hydrogen) atoms. The van der Waals surface area contributed by atoms with Crippen LogP contribution in [0, 0.1) is 0 Å². The molecule has 2 aromatic heterocycles. The highest BCUT2D eigenvalue weighted by Gasteiger charge is 2.10. The molecule has 0 aliphatic rings. The quantitative estimate of drug-likeness (QED) is 0.425. The first-order valence-corrected chi connectivity index (χ1v) is 9.53. The first-order chi connectivity index (χ1) is 13.3. The second-order valence-corrected chi connectivity index (χ2v) is 7.17. The number of carbonyl (C=O) groups is 1. The van der Waals surface area contributed by atoms with Crippen molar-refractivity contribution in [3.63, 3.8) is 0 Å². The van der Waals surface area contributed by atoms with E-state index in [9.17, 15) is 4.79 Å². The lowest BCUT2D eigenvalue weighted by atomic mass is 10.1. The molecule has 0 fully saturated rings. The number of nitrogens with zero attached hydrogens (tertiary/aromatic N) is 1. The van der Waals surface area contributed by atoms with Gasteiger partial charge in [0.15, 0.2) is 5.16 Å². The van der Waals surface area contributed by atoms with Gasteiger partial charge in [-0.3, -0.25) is 4.79 Å².